The SMILES string of the molecule is Cc1cc(C(=O)Nc2ccc3c(c2)n(C)c(=O)n3C)nc(C)n1. The molecule has 0 unspecified atom stereocenters. The van der Waals surface area contributed by atoms with Crippen molar-refractivity contribution in [1.82, 2.24) is 19.1 Å². The Hall–Kier alpha value is -2.96. The van der Waals surface area contributed by atoms with Gasteiger partial charge in [-0.2, -0.15) is 0 Å². The Morgan fingerprint density at radius 1 is 1.04 bits per heavy atom. The van der Waals surface area contributed by atoms with E-state index < -0.39 is 0 Å². The molecule has 0 atom stereocenters. The number of carbonyl (C=O) groups excluding carboxylic acids is 1. The Labute approximate surface area is 132 Å². The molecule has 118 valence electrons. The van der Waals surface area contributed by atoms with Crippen LogP contribution in [0.1, 0.15) is 22.0 Å². The molecule has 0 fully saturated rings. The highest BCUT2D eigenvalue weighted by atomic mass is 16.2. The van der Waals surface area contributed by atoms with Crippen LogP contribution in [0.15, 0.2) is 29.1 Å². The first-order valence-electron chi connectivity index (χ1n) is 7.16. The van der Waals surface area contributed by atoms with Gasteiger partial charge < -0.3 is 5.32 Å². The van der Waals surface area contributed by atoms with Gasteiger partial charge in [0.25, 0.3) is 5.91 Å². The average Bonchev–Trinajstić information content (AvgIpc) is 2.71. The van der Waals surface area contributed by atoms with Crippen LogP contribution in [0.3, 0.4) is 0 Å². The molecule has 0 aliphatic carbocycles. The fourth-order valence-corrected chi connectivity index (χ4v) is 2.61. The standard InChI is InChI=1S/C16H17N5O2/c1-9-7-12(18-10(2)17-9)15(22)19-11-5-6-13-14(8-11)21(4)16(23)20(13)3/h5-8H,1-4H3,(H,19,22). The lowest BCUT2D eigenvalue weighted by atomic mass is 10.2. The van der Waals surface area contributed by atoms with Gasteiger partial charge in [0.15, 0.2) is 0 Å². The van der Waals surface area contributed by atoms with Crippen molar-refractivity contribution in [2.24, 2.45) is 14.1 Å². The summed E-state index contributed by atoms with van der Waals surface area (Å²) in [7, 11) is 3.42. The predicted molar refractivity (Wildman–Crippen MR) is 87.6 cm³/mol. The Morgan fingerprint density at radius 3 is 2.43 bits per heavy atom. The molecule has 2 heterocycles. The van der Waals surface area contributed by atoms with E-state index in [2.05, 4.69) is 15.3 Å². The van der Waals surface area contributed by atoms with Crippen LogP contribution >= 0.6 is 0 Å². The Balaban J connectivity index is 1.96. The predicted octanol–water partition coefficient (Wildman–Crippen LogP) is 1.54. The van der Waals surface area contributed by atoms with Crippen molar-refractivity contribution in [3.8, 4) is 0 Å². The van der Waals surface area contributed by atoms with Crippen LogP contribution in [0.2, 0.25) is 0 Å². The van der Waals surface area contributed by atoms with Crippen LogP contribution in [0, 0.1) is 13.8 Å². The lowest BCUT2D eigenvalue weighted by molar-refractivity contribution is 0.102. The van der Waals surface area contributed by atoms with E-state index in [0.717, 1.165) is 16.7 Å². The number of anilines is 1. The quantitative estimate of drug-likeness (QED) is 0.778. The van der Waals surface area contributed by atoms with E-state index in [1.54, 1.807) is 48.4 Å². The second-order valence-corrected chi connectivity index (χ2v) is 5.50. The van der Waals surface area contributed by atoms with Crippen LogP contribution in [0.5, 0.6) is 0 Å². The van der Waals surface area contributed by atoms with Crippen LogP contribution in [0.4, 0.5) is 5.69 Å². The minimum atomic E-state index is -0.307. The highest BCUT2D eigenvalue weighted by Crippen LogP contribution is 2.18. The molecule has 0 aliphatic heterocycles. The molecule has 0 bridgehead atoms. The van der Waals surface area contributed by atoms with Gasteiger partial charge in [-0.25, -0.2) is 14.8 Å². The van der Waals surface area contributed by atoms with Crippen LogP contribution in [-0.4, -0.2) is 25.0 Å². The third-order valence-electron chi connectivity index (χ3n) is 3.73. The van der Waals surface area contributed by atoms with Crippen molar-refractivity contribution in [2.45, 2.75) is 13.8 Å². The first-order chi connectivity index (χ1) is 10.9. The maximum atomic E-state index is 12.3. The molecular formula is C16H17N5O2. The zero-order chi connectivity index (χ0) is 16.7. The molecule has 1 aromatic carbocycles. The third kappa shape index (κ3) is 2.61. The maximum absolute atomic E-state index is 12.3. The lowest BCUT2D eigenvalue weighted by Gasteiger charge is -2.07. The molecule has 0 saturated heterocycles. The van der Waals surface area contributed by atoms with Crippen molar-refractivity contribution in [3.05, 3.63) is 52.0 Å². The smallest absolute Gasteiger partial charge is 0.321 e. The van der Waals surface area contributed by atoms with E-state index in [1.165, 1.54) is 0 Å². The summed E-state index contributed by atoms with van der Waals surface area (Å²) in [5, 5.41) is 2.81. The Bertz CT molecular complexity index is 964. The second kappa shape index (κ2) is 5.35. The van der Waals surface area contributed by atoms with E-state index in [-0.39, 0.29) is 11.6 Å². The van der Waals surface area contributed by atoms with Crippen LogP contribution < -0.4 is 11.0 Å². The number of imidazole rings is 1. The normalized spacial score (nSPS) is 11.0. The van der Waals surface area contributed by atoms with E-state index in [4.69, 9.17) is 0 Å². The second-order valence-electron chi connectivity index (χ2n) is 5.50. The minimum absolute atomic E-state index is 0.106. The van der Waals surface area contributed by atoms with E-state index in [0.29, 0.717) is 17.2 Å². The molecule has 1 amide bonds. The minimum Gasteiger partial charge on any atom is -0.321 e. The number of nitrogens with one attached hydrogen (secondary N) is 1. The molecular weight excluding hydrogens is 294 g/mol. The molecule has 0 spiro atoms. The van der Waals surface area contributed by atoms with Gasteiger partial charge >= 0.3 is 5.69 Å². The summed E-state index contributed by atoms with van der Waals surface area (Å²) in [5.74, 6) is 0.245. The third-order valence-corrected chi connectivity index (χ3v) is 3.73. The van der Waals surface area contributed by atoms with E-state index >= 15 is 0 Å². The van der Waals surface area contributed by atoms with E-state index in [9.17, 15) is 9.59 Å². The number of aryl methyl sites for hydroxylation is 4. The highest BCUT2D eigenvalue weighted by Gasteiger charge is 2.12. The van der Waals surface area contributed by atoms with Crippen molar-refractivity contribution in [3.63, 3.8) is 0 Å². The first kappa shape index (κ1) is 15.0. The van der Waals surface area contributed by atoms with Crippen LogP contribution in [0.25, 0.3) is 11.0 Å². The fourth-order valence-electron chi connectivity index (χ4n) is 2.61. The zero-order valence-corrected chi connectivity index (χ0v) is 13.4. The maximum Gasteiger partial charge on any atom is 0.328 e. The molecule has 0 saturated carbocycles. The van der Waals surface area contributed by atoms with Crippen molar-refractivity contribution >= 4 is 22.6 Å². The average molecular weight is 311 g/mol. The number of amides is 1. The molecule has 7 heteroatoms. The van der Waals surface area contributed by atoms with Gasteiger partial charge in [0.05, 0.1) is 11.0 Å². The first-order valence-corrected chi connectivity index (χ1v) is 7.16. The molecule has 3 rings (SSSR count). The van der Waals surface area contributed by atoms with Gasteiger partial charge in [-0.15, -0.1) is 0 Å². The summed E-state index contributed by atoms with van der Waals surface area (Å²) in [5.41, 5.74) is 3.12. The summed E-state index contributed by atoms with van der Waals surface area (Å²) >= 11 is 0. The molecule has 3 aromatic rings. The number of carbonyl (C=O) groups is 1. The Morgan fingerprint density at radius 2 is 1.74 bits per heavy atom. The van der Waals surface area contributed by atoms with Gasteiger partial charge in [0.1, 0.15) is 11.5 Å². The molecule has 23 heavy (non-hydrogen) atoms. The topological polar surface area (TPSA) is 81.8 Å². The van der Waals surface area contributed by atoms with Gasteiger partial charge in [0.2, 0.25) is 0 Å². The van der Waals surface area contributed by atoms with Crippen LogP contribution in [-0.2, 0) is 14.1 Å². The molecule has 1 N–H and O–H groups in total. The highest BCUT2D eigenvalue weighted by molar-refractivity contribution is 6.03. The molecule has 0 aliphatic rings. The van der Waals surface area contributed by atoms with Gasteiger partial charge in [-0.3, -0.25) is 13.9 Å². The van der Waals surface area contributed by atoms with Gasteiger partial charge in [0, 0.05) is 25.5 Å². The molecule has 0 radical (unpaired) electrons. The summed E-state index contributed by atoms with van der Waals surface area (Å²) in [6, 6.07) is 6.98. The summed E-state index contributed by atoms with van der Waals surface area (Å²) in [6.45, 7) is 3.56. The number of aromatic nitrogens is 4. The number of benzene rings is 1. The van der Waals surface area contributed by atoms with E-state index in [1.807, 2.05) is 13.0 Å². The Kier molecular flexibility index (Phi) is 3.48. The number of nitrogens with zero attached hydrogens (tertiary/aromatic N) is 4. The number of hydrogen-bond donors (Lipinski definition) is 1. The van der Waals surface area contributed by atoms with Crippen molar-refractivity contribution in [1.29, 1.82) is 0 Å². The number of hydrogen-bond acceptors (Lipinski definition) is 4. The summed E-state index contributed by atoms with van der Waals surface area (Å²) in [4.78, 5) is 32.6. The zero-order valence-electron chi connectivity index (χ0n) is 13.4. The number of fused-ring (bicyclic) bond motifs is 1. The van der Waals surface area contributed by atoms with Crippen molar-refractivity contribution in [2.75, 3.05) is 5.32 Å². The monoisotopic (exact) mass is 311 g/mol. The lowest BCUT2D eigenvalue weighted by Crippen LogP contribution is -2.19. The summed E-state index contributed by atoms with van der Waals surface area (Å²) in [6.07, 6.45) is 0. The fraction of sp³-hybridized carbons (Fsp3) is 0.250. The number of rotatable bonds is 2. The largest absolute Gasteiger partial charge is 0.328 e. The van der Waals surface area contributed by atoms with Gasteiger partial charge in [-0.1, -0.05) is 0 Å². The molecule has 2 aromatic heterocycles. The molecule has 7 nitrogen and oxygen atoms in total. The van der Waals surface area contributed by atoms with Crippen molar-refractivity contribution < 1.29 is 4.79 Å². The summed E-state index contributed by atoms with van der Waals surface area (Å²) < 4.78 is 3.11. The van der Waals surface area contributed by atoms with Gasteiger partial charge in [-0.05, 0) is 38.1 Å².